The van der Waals surface area contributed by atoms with Crippen molar-refractivity contribution in [1.82, 2.24) is 19.3 Å². The minimum absolute atomic E-state index is 0.191. The quantitative estimate of drug-likeness (QED) is 0.791. The summed E-state index contributed by atoms with van der Waals surface area (Å²) in [5.41, 5.74) is -0.240. The molecule has 0 saturated carbocycles. The van der Waals surface area contributed by atoms with Crippen LogP contribution in [0, 0.1) is 6.92 Å². The molecule has 2 aromatic heterocycles. The van der Waals surface area contributed by atoms with Crippen LogP contribution < -0.4 is 5.56 Å². The lowest BCUT2D eigenvalue weighted by Crippen LogP contribution is -2.28. The zero-order valence-corrected chi connectivity index (χ0v) is 12.5. The average Bonchev–Trinajstić information content (AvgIpc) is 2.91. The summed E-state index contributed by atoms with van der Waals surface area (Å²) in [5.74, 6) is -0.485. The van der Waals surface area contributed by atoms with E-state index in [9.17, 15) is 9.59 Å². The van der Waals surface area contributed by atoms with Gasteiger partial charge in [-0.25, -0.2) is 4.79 Å². The smallest absolute Gasteiger partial charge is 0.341 e. The topological polar surface area (TPSA) is 99.2 Å². The lowest BCUT2D eigenvalue weighted by atomic mass is 10.1. The molecular weight excluding hydrogens is 288 g/mol. The van der Waals surface area contributed by atoms with Gasteiger partial charge in [-0.2, -0.15) is 0 Å². The first-order chi connectivity index (χ1) is 10.5. The highest BCUT2D eigenvalue weighted by Crippen LogP contribution is 2.03. The molecule has 22 heavy (non-hydrogen) atoms. The molecule has 2 aromatic rings. The van der Waals surface area contributed by atoms with Crippen molar-refractivity contribution in [3.63, 3.8) is 0 Å². The number of carboxylic acids is 1. The van der Waals surface area contributed by atoms with Gasteiger partial charge in [0.05, 0.1) is 6.61 Å². The number of methoxy groups -OCH3 is 1. The van der Waals surface area contributed by atoms with Crippen LogP contribution in [0.5, 0.6) is 0 Å². The Bertz CT molecular complexity index is 720. The molecule has 0 aliphatic carbocycles. The van der Waals surface area contributed by atoms with E-state index in [4.69, 9.17) is 9.84 Å². The fourth-order valence-electron chi connectivity index (χ4n) is 2.17. The summed E-state index contributed by atoms with van der Waals surface area (Å²) in [6, 6.07) is 1.63. The maximum Gasteiger partial charge on any atom is 0.341 e. The summed E-state index contributed by atoms with van der Waals surface area (Å²) in [5, 5.41) is 17.0. The molecule has 0 unspecified atom stereocenters. The van der Waals surface area contributed by atoms with Crippen molar-refractivity contribution < 1.29 is 14.6 Å². The molecular formula is C14H18N4O4. The van der Waals surface area contributed by atoms with Gasteiger partial charge in [0, 0.05) is 32.8 Å². The fourth-order valence-corrected chi connectivity index (χ4v) is 2.17. The van der Waals surface area contributed by atoms with Gasteiger partial charge in [0.15, 0.2) is 0 Å². The largest absolute Gasteiger partial charge is 0.477 e. The number of aromatic nitrogens is 4. The number of rotatable bonds is 7. The van der Waals surface area contributed by atoms with Crippen molar-refractivity contribution in [1.29, 1.82) is 0 Å². The minimum atomic E-state index is -1.21. The van der Waals surface area contributed by atoms with Crippen LogP contribution in [-0.2, 0) is 24.2 Å². The first-order valence-electron chi connectivity index (χ1n) is 6.83. The Hall–Kier alpha value is -2.48. The second-order valence-electron chi connectivity index (χ2n) is 4.86. The van der Waals surface area contributed by atoms with Gasteiger partial charge in [0.1, 0.15) is 17.7 Å². The molecule has 118 valence electrons. The molecule has 8 nitrogen and oxygen atoms in total. The third-order valence-electron chi connectivity index (χ3n) is 3.40. The number of pyridine rings is 1. The summed E-state index contributed by atoms with van der Waals surface area (Å²) in [7, 11) is 1.61. The van der Waals surface area contributed by atoms with Crippen LogP contribution in [0.1, 0.15) is 21.7 Å². The zero-order chi connectivity index (χ0) is 16.1. The van der Waals surface area contributed by atoms with Crippen LogP contribution in [0.15, 0.2) is 23.4 Å². The van der Waals surface area contributed by atoms with Crippen molar-refractivity contribution in [3.8, 4) is 0 Å². The van der Waals surface area contributed by atoms with Crippen molar-refractivity contribution in [2.45, 2.75) is 26.4 Å². The Morgan fingerprint density at radius 2 is 2.14 bits per heavy atom. The maximum atomic E-state index is 12.2. The van der Waals surface area contributed by atoms with Crippen LogP contribution in [0.2, 0.25) is 0 Å². The maximum absolute atomic E-state index is 12.2. The van der Waals surface area contributed by atoms with E-state index < -0.39 is 11.5 Å². The predicted octanol–water partition coefficient (Wildman–Crippen LogP) is 0.336. The molecule has 0 atom stereocenters. The SMILES string of the molecule is COCCn1cnnc1CCn1ccc(C)c(C(=O)O)c1=O. The van der Waals surface area contributed by atoms with Crippen LogP contribution in [0.3, 0.4) is 0 Å². The number of aromatic carboxylic acids is 1. The molecule has 0 amide bonds. The molecule has 0 aliphatic heterocycles. The number of ether oxygens (including phenoxy) is 1. The van der Waals surface area contributed by atoms with Crippen LogP contribution in [0.4, 0.5) is 0 Å². The standard InChI is InChI=1S/C14H18N4O4/c1-10-3-5-17(13(19)12(10)14(20)21)6-4-11-16-15-9-18(11)7-8-22-2/h3,5,9H,4,6-8H2,1-2H3,(H,20,21). The lowest BCUT2D eigenvalue weighted by Gasteiger charge is -2.09. The molecule has 0 saturated heterocycles. The fraction of sp³-hybridized carbons (Fsp3) is 0.429. The zero-order valence-electron chi connectivity index (χ0n) is 12.5. The highest BCUT2D eigenvalue weighted by molar-refractivity contribution is 5.88. The van der Waals surface area contributed by atoms with Gasteiger partial charge in [-0.3, -0.25) is 4.79 Å². The van der Waals surface area contributed by atoms with Gasteiger partial charge in [0.2, 0.25) is 0 Å². The summed E-state index contributed by atoms with van der Waals surface area (Å²) in [6.07, 6.45) is 3.68. The van der Waals surface area contributed by atoms with Crippen LogP contribution in [0.25, 0.3) is 0 Å². The number of hydrogen-bond acceptors (Lipinski definition) is 5. The third kappa shape index (κ3) is 3.40. The first-order valence-corrected chi connectivity index (χ1v) is 6.83. The second kappa shape index (κ2) is 6.99. The summed E-state index contributed by atoms with van der Waals surface area (Å²) >= 11 is 0. The highest BCUT2D eigenvalue weighted by atomic mass is 16.5. The number of aryl methyl sites for hydroxylation is 3. The van der Waals surface area contributed by atoms with Crippen LogP contribution in [-0.4, -0.2) is 44.1 Å². The normalized spacial score (nSPS) is 10.8. The van der Waals surface area contributed by atoms with E-state index in [1.54, 1.807) is 32.6 Å². The lowest BCUT2D eigenvalue weighted by molar-refractivity contribution is 0.0693. The average molecular weight is 306 g/mol. The molecule has 8 heteroatoms. The summed E-state index contributed by atoms with van der Waals surface area (Å²) in [4.78, 5) is 23.3. The Kier molecular flexibility index (Phi) is 5.05. The van der Waals surface area contributed by atoms with Gasteiger partial charge in [-0.15, -0.1) is 10.2 Å². The van der Waals surface area contributed by atoms with Crippen molar-refractivity contribution in [3.05, 3.63) is 45.9 Å². The molecule has 0 bridgehead atoms. The predicted molar refractivity (Wildman–Crippen MR) is 78.0 cm³/mol. The van der Waals surface area contributed by atoms with Gasteiger partial charge < -0.3 is 19.0 Å². The molecule has 0 aliphatic rings. The first kappa shape index (κ1) is 15.9. The Morgan fingerprint density at radius 1 is 1.36 bits per heavy atom. The van der Waals surface area contributed by atoms with E-state index >= 15 is 0 Å². The Labute approximate surface area is 127 Å². The number of hydrogen-bond donors (Lipinski definition) is 1. The molecule has 0 aromatic carbocycles. The van der Waals surface area contributed by atoms with E-state index in [-0.39, 0.29) is 5.56 Å². The van der Waals surface area contributed by atoms with E-state index in [2.05, 4.69) is 10.2 Å². The van der Waals surface area contributed by atoms with Gasteiger partial charge >= 0.3 is 5.97 Å². The Morgan fingerprint density at radius 3 is 2.82 bits per heavy atom. The molecule has 0 spiro atoms. The van der Waals surface area contributed by atoms with E-state index in [0.29, 0.717) is 31.7 Å². The number of carbonyl (C=O) groups is 1. The number of nitrogens with zero attached hydrogens (tertiary/aromatic N) is 4. The van der Waals surface area contributed by atoms with E-state index in [0.717, 1.165) is 5.82 Å². The highest BCUT2D eigenvalue weighted by Gasteiger charge is 2.14. The van der Waals surface area contributed by atoms with Crippen molar-refractivity contribution in [2.24, 2.45) is 0 Å². The Balaban J connectivity index is 2.16. The van der Waals surface area contributed by atoms with Crippen molar-refractivity contribution in [2.75, 3.05) is 13.7 Å². The van der Waals surface area contributed by atoms with Gasteiger partial charge in [-0.1, -0.05) is 0 Å². The molecule has 0 fully saturated rings. The second-order valence-corrected chi connectivity index (χ2v) is 4.86. The summed E-state index contributed by atoms with van der Waals surface area (Å²) in [6.45, 7) is 3.11. The minimum Gasteiger partial charge on any atom is -0.477 e. The summed E-state index contributed by atoms with van der Waals surface area (Å²) < 4.78 is 8.24. The number of carboxylic acid groups (broad SMARTS) is 1. The van der Waals surface area contributed by atoms with Gasteiger partial charge in [-0.05, 0) is 18.6 Å². The molecule has 1 N–H and O–H groups in total. The molecule has 0 radical (unpaired) electrons. The van der Waals surface area contributed by atoms with Crippen LogP contribution >= 0.6 is 0 Å². The van der Waals surface area contributed by atoms with E-state index in [1.807, 2.05) is 4.57 Å². The van der Waals surface area contributed by atoms with E-state index in [1.165, 1.54) is 4.57 Å². The molecule has 2 heterocycles. The molecule has 2 rings (SSSR count). The third-order valence-corrected chi connectivity index (χ3v) is 3.40. The van der Waals surface area contributed by atoms with Crippen molar-refractivity contribution >= 4 is 5.97 Å². The van der Waals surface area contributed by atoms with Gasteiger partial charge in [0.25, 0.3) is 5.56 Å². The monoisotopic (exact) mass is 306 g/mol.